The van der Waals surface area contributed by atoms with Gasteiger partial charge in [0.1, 0.15) is 0 Å². The number of aromatic nitrogens is 1. The van der Waals surface area contributed by atoms with E-state index in [0.717, 1.165) is 11.9 Å². The van der Waals surface area contributed by atoms with Gasteiger partial charge in [0.2, 0.25) is 0 Å². The van der Waals surface area contributed by atoms with Crippen molar-refractivity contribution in [3.8, 4) is 0 Å². The third-order valence-corrected chi connectivity index (χ3v) is 1.88. The van der Waals surface area contributed by atoms with Crippen molar-refractivity contribution in [1.29, 1.82) is 0 Å². The van der Waals surface area contributed by atoms with Crippen molar-refractivity contribution in [2.24, 2.45) is 0 Å². The smallest absolute Gasteiger partial charge is 0.274 e. The highest BCUT2D eigenvalue weighted by Gasteiger charge is 2.08. The van der Waals surface area contributed by atoms with Crippen molar-refractivity contribution in [3.63, 3.8) is 0 Å². The summed E-state index contributed by atoms with van der Waals surface area (Å²) in [5.74, 6) is 0.396. The van der Waals surface area contributed by atoms with Crippen molar-refractivity contribution in [3.05, 3.63) is 46.7 Å². The summed E-state index contributed by atoms with van der Waals surface area (Å²) in [5.41, 5.74) is 0.778. The minimum atomic E-state index is -0.501. The molecule has 0 saturated carbocycles. The van der Waals surface area contributed by atoms with Crippen LogP contribution in [0.2, 0.25) is 0 Å². The quantitative estimate of drug-likeness (QED) is 0.585. The SMILES string of the molecule is CN/C(=C/[N+](=O)[O-])N(C)c1cccnc1. The van der Waals surface area contributed by atoms with Crippen LogP contribution in [0.25, 0.3) is 0 Å². The van der Waals surface area contributed by atoms with E-state index in [1.807, 2.05) is 6.07 Å². The van der Waals surface area contributed by atoms with Crippen LogP contribution in [-0.4, -0.2) is 24.0 Å². The zero-order valence-electron chi connectivity index (χ0n) is 8.54. The van der Waals surface area contributed by atoms with E-state index in [1.54, 1.807) is 37.5 Å². The first-order valence-corrected chi connectivity index (χ1v) is 4.32. The standard InChI is InChI=1S/C9H12N4O2/c1-10-9(7-13(14)15)12(2)8-4-3-5-11-6-8/h3-7,10H,1-2H3/b9-7-. The van der Waals surface area contributed by atoms with Crippen LogP contribution in [0.5, 0.6) is 0 Å². The lowest BCUT2D eigenvalue weighted by atomic mass is 10.4. The first-order chi connectivity index (χ1) is 7.15. The van der Waals surface area contributed by atoms with Gasteiger partial charge in [-0.3, -0.25) is 15.1 Å². The molecule has 1 aromatic heterocycles. The number of nitrogens with one attached hydrogen (secondary N) is 1. The second kappa shape index (κ2) is 4.94. The maximum absolute atomic E-state index is 10.4. The zero-order chi connectivity index (χ0) is 11.3. The van der Waals surface area contributed by atoms with Crippen LogP contribution in [-0.2, 0) is 0 Å². The Hall–Kier alpha value is -2.11. The average molecular weight is 208 g/mol. The molecule has 15 heavy (non-hydrogen) atoms. The minimum Gasteiger partial charge on any atom is -0.369 e. The molecule has 0 aromatic carbocycles. The Bertz CT molecular complexity index is 364. The van der Waals surface area contributed by atoms with Gasteiger partial charge < -0.3 is 10.2 Å². The number of rotatable bonds is 4. The molecule has 6 heteroatoms. The summed E-state index contributed by atoms with van der Waals surface area (Å²) < 4.78 is 0. The van der Waals surface area contributed by atoms with E-state index < -0.39 is 4.92 Å². The summed E-state index contributed by atoms with van der Waals surface area (Å²) >= 11 is 0. The highest BCUT2D eigenvalue weighted by Crippen LogP contribution is 2.13. The highest BCUT2D eigenvalue weighted by atomic mass is 16.6. The van der Waals surface area contributed by atoms with Crippen molar-refractivity contribution in [2.75, 3.05) is 19.0 Å². The molecule has 1 heterocycles. The maximum Gasteiger partial charge on any atom is 0.274 e. The van der Waals surface area contributed by atoms with Gasteiger partial charge in [0.15, 0.2) is 5.82 Å². The lowest BCUT2D eigenvalue weighted by molar-refractivity contribution is -0.403. The molecule has 0 spiro atoms. The molecule has 0 amide bonds. The van der Waals surface area contributed by atoms with Gasteiger partial charge in [-0.1, -0.05) is 0 Å². The van der Waals surface area contributed by atoms with E-state index in [-0.39, 0.29) is 0 Å². The van der Waals surface area contributed by atoms with Crippen LogP contribution in [0.4, 0.5) is 5.69 Å². The van der Waals surface area contributed by atoms with Gasteiger partial charge >= 0.3 is 0 Å². The number of hydrogen-bond acceptors (Lipinski definition) is 5. The molecule has 80 valence electrons. The predicted molar refractivity (Wildman–Crippen MR) is 56.8 cm³/mol. The van der Waals surface area contributed by atoms with Crippen LogP contribution in [0, 0.1) is 10.1 Å². The van der Waals surface area contributed by atoms with Crippen LogP contribution < -0.4 is 10.2 Å². The zero-order valence-corrected chi connectivity index (χ0v) is 8.54. The Kier molecular flexibility index (Phi) is 3.61. The number of hydrogen-bond donors (Lipinski definition) is 1. The monoisotopic (exact) mass is 208 g/mol. The van der Waals surface area contributed by atoms with Crippen LogP contribution >= 0.6 is 0 Å². The van der Waals surface area contributed by atoms with E-state index in [0.29, 0.717) is 5.82 Å². The fourth-order valence-corrected chi connectivity index (χ4v) is 1.11. The molecule has 0 atom stereocenters. The second-order valence-corrected chi connectivity index (χ2v) is 2.82. The molecule has 6 nitrogen and oxygen atoms in total. The van der Waals surface area contributed by atoms with E-state index >= 15 is 0 Å². The van der Waals surface area contributed by atoms with Gasteiger partial charge in [0.05, 0.1) is 16.8 Å². The lowest BCUT2D eigenvalue weighted by Crippen LogP contribution is -2.26. The normalized spacial score (nSPS) is 10.9. The summed E-state index contributed by atoms with van der Waals surface area (Å²) in [5, 5.41) is 13.1. The number of nitro groups is 1. The first-order valence-electron chi connectivity index (χ1n) is 4.32. The number of nitrogens with zero attached hydrogens (tertiary/aromatic N) is 3. The molecule has 1 rings (SSSR count). The highest BCUT2D eigenvalue weighted by molar-refractivity contribution is 5.48. The predicted octanol–water partition coefficient (Wildman–Crippen LogP) is 0.813. The van der Waals surface area contributed by atoms with Crippen LogP contribution in [0.1, 0.15) is 0 Å². The topological polar surface area (TPSA) is 71.3 Å². The van der Waals surface area contributed by atoms with Crippen molar-refractivity contribution in [2.45, 2.75) is 0 Å². The van der Waals surface area contributed by atoms with Gasteiger partial charge in [0.25, 0.3) is 6.20 Å². The Morgan fingerprint density at radius 1 is 1.73 bits per heavy atom. The number of anilines is 1. The van der Waals surface area contributed by atoms with Crippen LogP contribution in [0.3, 0.4) is 0 Å². The molecule has 1 aromatic rings. The van der Waals surface area contributed by atoms with Crippen LogP contribution in [0.15, 0.2) is 36.5 Å². The van der Waals surface area contributed by atoms with Crippen molar-refractivity contribution in [1.82, 2.24) is 10.3 Å². The minimum absolute atomic E-state index is 0.396. The van der Waals surface area contributed by atoms with Gasteiger partial charge in [-0.15, -0.1) is 0 Å². The third kappa shape index (κ3) is 2.94. The maximum atomic E-state index is 10.4. The third-order valence-electron chi connectivity index (χ3n) is 1.88. The average Bonchev–Trinajstić information content (AvgIpc) is 2.26. The van der Waals surface area contributed by atoms with Gasteiger partial charge in [-0.25, -0.2) is 0 Å². The van der Waals surface area contributed by atoms with Gasteiger partial charge in [-0.05, 0) is 12.1 Å². The molecule has 0 bridgehead atoms. The van der Waals surface area contributed by atoms with E-state index in [4.69, 9.17) is 0 Å². The second-order valence-electron chi connectivity index (χ2n) is 2.82. The molecular formula is C9H12N4O2. The Labute approximate surface area is 87.4 Å². The van der Waals surface area contributed by atoms with Crippen molar-refractivity contribution >= 4 is 5.69 Å². The molecular weight excluding hydrogens is 196 g/mol. The van der Waals surface area contributed by atoms with Gasteiger partial charge in [-0.2, -0.15) is 0 Å². The van der Waals surface area contributed by atoms with E-state index in [1.165, 1.54) is 0 Å². The van der Waals surface area contributed by atoms with Crippen molar-refractivity contribution < 1.29 is 4.92 Å². The molecule has 0 fully saturated rings. The summed E-state index contributed by atoms with van der Waals surface area (Å²) in [6, 6.07) is 3.59. The molecule has 0 aliphatic heterocycles. The Morgan fingerprint density at radius 3 is 2.93 bits per heavy atom. The fraction of sp³-hybridized carbons (Fsp3) is 0.222. The molecule has 0 unspecified atom stereocenters. The summed E-state index contributed by atoms with van der Waals surface area (Å²) in [6.45, 7) is 0. The summed E-state index contributed by atoms with van der Waals surface area (Å²) in [4.78, 5) is 15.4. The molecule has 0 saturated heterocycles. The largest absolute Gasteiger partial charge is 0.369 e. The first kappa shape index (κ1) is 11.0. The fourth-order valence-electron chi connectivity index (χ4n) is 1.11. The molecule has 0 radical (unpaired) electrons. The molecule has 0 aliphatic rings. The molecule has 0 aliphatic carbocycles. The van der Waals surface area contributed by atoms with E-state index in [9.17, 15) is 10.1 Å². The lowest BCUT2D eigenvalue weighted by Gasteiger charge is -2.19. The Morgan fingerprint density at radius 2 is 2.47 bits per heavy atom. The van der Waals surface area contributed by atoms with Gasteiger partial charge in [0, 0.05) is 20.3 Å². The summed E-state index contributed by atoms with van der Waals surface area (Å²) in [6.07, 6.45) is 4.19. The van der Waals surface area contributed by atoms with E-state index in [2.05, 4.69) is 10.3 Å². The molecule has 1 N–H and O–H groups in total. The Balaban J connectivity index is 2.92. The summed E-state index contributed by atoms with van der Waals surface area (Å²) in [7, 11) is 3.35. The number of pyridine rings is 1.